The molecule has 0 atom stereocenters. The number of aliphatic imine (C=N–C) groups is 1. The van der Waals surface area contributed by atoms with Gasteiger partial charge in [0, 0.05) is 5.02 Å². The molecule has 78 valence electrons. The summed E-state index contributed by atoms with van der Waals surface area (Å²) >= 11 is 7.21. The van der Waals surface area contributed by atoms with Crippen LogP contribution in [0.2, 0.25) is 5.02 Å². The molecule has 1 rings (SSSR count). The summed E-state index contributed by atoms with van der Waals surface area (Å²) < 4.78 is 0. The van der Waals surface area contributed by atoms with Gasteiger partial charge in [-0.15, -0.1) is 0 Å². The molecule has 0 bridgehead atoms. The van der Waals surface area contributed by atoms with Gasteiger partial charge < -0.3 is 0 Å². The van der Waals surface area contributed by atoms with Crippen LogP contribution in [0.25, 0.3) is 0 Å². The second-order valence-electron chi connectivity index (χ2n) is 2.79. The lowest BCUT2D eigenvalue weighted by Crippen LogP contribution is -2.12. The molecule has 0 heterocycles. The van der Waals surface area contributed by atoms with Crippen LogP contribution >= 0.6 is 23.4 Å². The Bertz CT molecular complexity index is 423. The number of hydrogen-bond donors (Lipinski definition) is 1. The molecule has 0 saturated heterocycles. The van der Waals surface area contributed by atoms with Gasteiger partial charge in [-0.3, -0.25) is 5.32 Å². The Balaban J connectivity index is 3.01. The number of aryl methyl sites for hydroxylation is 1. The van der Waals surface area contributed by atoms with Crippen molar-refractivity contribution in [3.05, 3.63) is 28.8 Å². The normalized spacial score (nSPS) is 10.9. The molecule has 3 nitrogen and oxygen atoms in total. The lowest BCUT2D eigenvalue weighted by molar-refractivity contribution is 1.27. The molecule has 0 aliphatic rings. The fourth-order valence-corrected chi connectivity index (χ4v) is 1.59. The molecule has 0 aliphatic carbocycles. The Labute approximate surface area is 98.2 Å². The topological polar surface area (TPSA) is 48.2 Å². The number of hydrogen-bond acceptors (Lipinski definition) is 3. The van der Waals surface area contributed by atoms with Gasteiger partial charge in [0.05, 0.1) is 5.69 Å². The monoisotopic (exact) mass is 239 g/mol. The molecular formula is C10H10ClN3S. The van der Waals surface area contributed by atoms with E-state index in [-0.39, 0.29) is 0 Å². The highest BCUT2D eigenvalue weighted by Gasteiger charge is 2.00. The van der Waals surface area contributed by atoms with Crippen LogP contribution in [0.1, 0.15) is 5.56 Å². The molecule has 1 aromatic rings. The van der Waals surface area contributed by atoms with Crippen molar-refractivity contribution < 1.29 is 0 Å². The van der Waals surface area contributed by atoms with Gasteiger partial charge in [0.2, 0.25) is 0 Å². The highest BCUT2D eigenvalue weighted by atomic mass is 35.5. The minimum Gasteiger partial charge on any atom is -0.271 e. The molecule has 0 spiro atoms. The number of amidine groups is 1. The van der Waals surface area contributed by atoms with Crippen molar-refractivity contribution in [2.75, 3.05) is 6.26 Å². The SMILES string of the molecule is CSC(=Nc1ccc(Cl)cc1C)NC#N. The minimum absolute atomic E-state index is 0.572. The lowest BCUT2D eigenvalue weighted by Gasteiger charge is -2.03. The van der Waals surface area contributed by atoms with Crippen LogP contribution in [0.5, 0.6) is 0 Å². The summed E-state index contributed by atoms with van der Waals surface area (Å²) in [5.41, 5.74) is 1.79. The average molecular weight is 240 g/mol. The van der Waals surface area contributed by atoms with E-state index in [1.165, 1.54) is 11.8 Å². The van der Waals surface area contributed by atoms with E-state index in [1.54, 1.807) is 6.07 Å². The molecule has 1 aromatic carbocycles. The van der Waals surface area contributed by atoms with Crippen molar-refractivity contribution in [2.24, 2.45) is 4.99 Å². The van der Waals surface area contributed by atoms with Gasteiger partial charge in [0.15, 0.2) is 11.4 Å². The van der Waals surface area contributed by atoms with Crippen LogP contribution in [-0.4, -0.2) is 11.4 Å². The summed E-state index contributed by atoms with van der Waals surface area (Å²) in [6.45, 7) is 1.93. The minimum atomic E-state index is 0.572. The highest BCUT2D eigenvalue weighted by Crippen LogP contribution is 2.23. The standard InChI is InChI=1S/C10H10ClN3S/c1-7-5-8(11)3-4-9(7)14-10(15-2)13-6-12/h3-5H,1-2H3,(H,13,14). The van der Waals surface area contributed by atoms with Crippen LogP contribution in [0.15, 0.2) is 23.2 Å². The summed E-state index contributed by atoms with van der Waals surface area (Å²) in [5, 5.41) is 12.2. The van der Waals surface area contributed by atoms with Crippen LogP contribution in [-0.2, 0) is 0 Å². The smallest absolute Gasteiger partial charge is 0.183 e. The van der Waals surface area contributed by atoms with Gasteiger partial charge >= 0.3 is 0 Å². The number of benzene rings is 1. The Morgan fingerprint density at radius 2 is 2.33 bits per heavy atom. The zero-order chi connectivity index (χ0) is 11.3. The van der Waals surface area contributed by atoms with Crippen LogP contribution in [0.4, 0.5) is 5.69 Å². The van der Waals surface area contributed by atoms with Gasteiger partial charge in [-0.25, -0.2) is 4.99 Å². The Morgan fingerprint density at radius 1 is 1.60 bits per heavy atom. The van der Waals surface area contributed by atoms with Crippen LogP contribution in [0, 0.1) is 18.4 Å². The van der Waals surface area contributed by atoms with E-state index < -0.39 is 0 Å². The van der Waals surface area contributed by atoms with E-state index in [0.717, 1.165) is 11.3 Å². The van der Waals surface area contributed by atoms with Crippen molar-refractivity contribution in [2.45, 2.75) is 6.92 Å². The molecule has 0 radical (unpaired) electrons. The number of nitrogens with zero attached hydrogens (tertiary/aromatic N) is 2. The van der Waals surface area contributed by atoms with Gasteiger partial charge in [-0.2, -0.15) is 5.26 Å². The third-order valence-corrected chi connectivity index (χ3v) is 2.55. The molecule has 1 N–H and O–H groups in total. The van der Waals surface area contributed by atoms with E-state index >= 15 is 0 Å². The fraction of sp³-hybridized carbons (Fsp3) is 0.200. The number of rotatable bonds is 1. The largest absolute Gasteiger partial charge is 0.271 e. The Kier molecular flexibility index (Phi) is 4.47. The molecule has 0 saturated carbocycles. The van der Waals surface area contributed by atoms with E-state index in [4.69, 9.17) is 16.9 Å². The zero-order valence-corrected chi connectivity index (χ0v) is 9.99. The zero-order valence-electron chi connectivity index (χ0n) is 8.41. The van der Waals surface area contributed by atoms with E-state index in [0.29, 0.717) is 10.2 Å². The Hall–Kier alpha value is -1.18. The number of nitriles is 1. The average Bonchev–Trinajstić information content (AvgIpc) is 2.21. The van der Waals surface area contributed by atoms with Crippen molar-refractivity contribution in [3.63, 3.8) is 0 Å². The maximum Gasteiger partial charge on any atom is 0.183 e. The Morgan fingerprint density at radius 3 is 2.87 bits per heavy atom. The summed E-state index contributed by atoms with van der Waals surface area (Å²) in [4.78, 5) is 4.29. The van der Waals surface area contributed by atoms with Crippen molar-refractivity contribution in [1.29, 1.82) is 5.26 Å². The van der Waals surface area contributed by atoms with Crippen LogP contribution < -0.4 is 5.32 Å². The van der Waals surface area contributed by atoms with E-state index in [9.17, 15) is 0 Å². The predicted octanol–water partition coefficient (Wildman–Crippen LogP) is 3.07. The first-order valence-corrected chi connectivity index (χ1v) is 5.81. The van der Waals surface area contributed by atoms with Gasteiger partial charge in [0.1, 0.15) is 0 Å². The second kappa shape index (κ2) is 5.64. The highest BCUT2D eigenvalue weighted by molar-refractivity contribution is 8.13. The summed E-state index contributed by atoms with van der Waals surface area (Å²) in [7, 11) is 0. The predicted molar refractivity (Wildman–Crippen MR) is 65.5 cm³/mol. The fourth-order valence-electron chi connectivity index (χ4n) is 1.03. The second-order valence-corrected chi connectivity index (χ2v) is 4.02. The summed E-state index contributed by atoms with van der Waals surface area (Å²) in [6, 6.07) is 5.44. The molecule has 0 unspecified atom stereocenters. The van der Waals surface area contributed by atoms with E-state index in [1.807, 2.05) is 31.5 Å². The van der Waals surface area contributed by atoms with Crippen LogP contribution in [0.3, 0.4) is 0 Å². The molecule has 5 heteroatoms. The van der Waals surface area contributed by atoms with E-state index in [2.05, 4.69) is 10.3 Å². The molecule has 15 heavy (non-hydrogen) atoms. The lowest BCUT2D eigenvalue weighted by atomic mass is 10.2. The summed E-state index contributed by atoms with van der Waals surface area (Å²) in [5.74, 6) is 0. The van der Waals surface area contributed by atoms with Gasteiger partial charge in [-0.05, 0) is 36.9 Å². The summed E-state index contributed by atoms with van der Waals surface area (Å²) in [6.07, 6.45) is 3.70. The third-order valence-electron chi connectivity index (χ3n) is 1.74. The molecular weight excluding hydrogens is 230 g/mol. The first-order valence-electron chi connectivity index (χ1n) is 4.21. The maximum atomic E-state index is 8.48. The molecule has 0 aromatic heterocycles. The molecule has 0 fully saturated rings. The molecule has 0 aliphatic heterocycles. The quantitative estimate of drug-likeness (QED) is 0.355. The van der Waals surface area contributed by atoms with Gasteiger partial charge in [0.25, 0.3) is 0 Å². The van der Waals surface area contributed by atoms with Gasteiger partial charge in [-0.1, -0.05) is 23.4 Å². The number of nitrogens with one attached hydrogen (secondary N) is 1. The number of halogens is 1. The first kappa shape index (κ1) is 11.9. The number of thioether (sulfide) groups is 1. The maximum absolute atomic E-state index is 8.48. The van der Waals surface area contributed by atoms with Crippen molar-refractivity contribution in [1.82, 2.24) is 5.32 Å². The first-order chi connectivity index (χ1) is 7.17. The molecule has 0 amide bonds. The van der Waals surface area contributed by atoms with Crippen molar-refractivity contribution in [3.8, 4) is 6.19 Å². The third kappa shape index (κ3) is 3.46. The van der Waals surface area contributed by atoms with Crippen molar-refractivity contribution >= 4 is 34.2 Å².